The minimum absolute atomic E-state index is 0.364. The lowest BCUT2D eigenvalue weighted by Crippen LogP contribution is -2.53. The molecule has 0 aromatic rings. The molecule has 0 aliphatic heterocycles. The number of aliphatic hydroxyl groups is 4. The molecule has 45 heavy (non-hydrogen) atoms. The standard InChI is InChI=1S/C39H75NO5/c1-3-5-7-9-11-13-15-16-17-18-19-20-21-23-25-27-29-31-33-37(43)39(45)40-35(34-41)38(44)36(42)32-30-28-26-24-22-14-12-10-8-6-4-2/h11,13,15-16,35-38,41-44H,3-10,12,14,17-34H2,1-2H3,(H,40,45)/b13-11-,16-15-. The first-order chi connectivity index (χ1) is 22.0. The highest BCUT2D eigenvalue weighted by atomic mass is 16.3. The summed E-state index contributed by atoms with van der Waals surface area (Å²) in [6.45, 7) is 3.99. The average molecular weight is 638 g/mol. The fourth-order valence-electron chi connectivity index (χ4n) is 5.80. The van der Waals surface area contributed by atoms with Crippen molar-refractivity contribution in [1.82, 2.24) is 5.32 Å². The Labute approximate surface area is 278 Å². The molecule has 0 aromatic heterocycles. The summed E-state index contributed by atoms with van der Waals surface area (Å²) >= 11 is 0. The Morgan fingerprint density at radius 2 is 0.933 bits per heavy atom. The molecular weight excluding hydrogens is 562 g/mol. The van der Waals surface area contributed by atoms with Crippen LogP contribution in [0.1, 0.15) is 187 Å². The summed E-state index contributed by atoms with van der Waals surface area (Å²) in [4.78, 5) is 12.4. The number of allylic oxidation sites excluding steroid dienone is 4. The maximum absolute atomic E-state index is 12.4. The lowest BCUT2D eigenvalue weighted by molar-refractivity contribution is -0.132. The van der Waals surface area contributed by atoms with E-state index in [0.29, 0.717) is 12.8 Å². The van der Waals surface area contributed by atoms with E-state index >= 15 is 0 Å². The second-order valence-corrected chi connectivity index (χ2v) is 13.3. The highest BCUT2D eigenvalue weighted by Gasteiger charge is 2.28. The molecule has 5 N–H and O–H groups in total. The Morgan fingerprint density at radius 3 is 1.40 bits per heavy atom. The van der Waals surface area contributed by atoms with Gasteiger partial charge in [0.15, 0.2) is 0 Å². The zero-order valence-corrected chi connectivity index (χ0v) is 29.6. The van der Waals surface area contributed by atoms with E-state index in [-0.39, 0.29) is 0 Å². The quantitative estimate of drug-likeness (QED) is 0.0357. The Hall–Kier alpha value is -1.21. The van der Waals surface area contributed by atoms with Gasteiger partial charge in [0.2, 0.25) is 5.91 Å². The lowest BCUT2D eigenvalue weighted by atomic mass is 9.99. The number of nitrogens with one attached hydrogen (secondary N) is 1. The molecule has 0 aromatic carbocycles. The summed E-state index contributed by atoms with van der Waals surface area (Å²) < 4.78 is 0. The van der Waals surface area contributed by atoms with E-state index in [0.717, 1.165) is 44.9 Å². The van der Waals surface area contributed by atoms with Crippen molar-refractivity contribution in [3.05, 3.63) is 24.3 Å². The van der Waals surface area contributed by atoms with Gasteiger partial charge in [0.1, 0.15) is 12.2 Å². The summed E-state index contributed by atoms with van der Waals surface area (Å²) in [6.07, 6.45) is 36.2. The van der Waals surface area contributed by atoms with Crippen LogP contribution in [0.4, 0.5) is 0 Å². The summed E-state index contributed by atoms with van der Waals surface area (Å²) in [5.41, 5.74) is 0. The molecule has 0 spiro atoms. The van der Waals surface area contributed by atoms with Crippen LogP contribution in [-0.4, -0.2) is 57.3 Å². The van der Waals surface area contributed by atoms with Gasteiger partial charge in [0.25, 0.3) is 0 Å². The number of amides is 1. The third kappa shape index (κ3) is 28.7. The second kappa shape index (κ2) is 34.1. The number of carbonyl (C=O) groups excluding carboxylic acids is 1. The predicted octanol–water partition coefficient (Wildman–Crippen LogP) is 9.23. The lowest BCUT2D eigenvalue weighted by Gasteiger charge is -2.27. The first-order valence-corrected chi connectivity index (χ1v) is 19.2. The van der Waals surface area contributed by atoms with Gasteiger partial charge in [-0.2, -0.15) is 0 Å². The summed E-state index contributed by atoms with van der Waals surface area (Å²) in [5.74, 6) is -0.590. The molecule has 0 saturated carbocycles. The van der Waals surface area contributed by atoms with Gasteiger partial charge in [-0.3, -0.25) is 4.79 Å². The van der Waals surface area contributed by atoms with Crippen molar-refractivity contribution in [3.63, 3.8) is 0 Å². The van der Waals surface area contributed by atoms with Gasteiger partial charge in [-0.25, -0.2) is 0 Å². The second-order valence-electron chi connectivity index (χ2n) is 13.3. The fraction of sp³-hybridized carbons (Fsp3) is 0.872. The molecular formula is C39H75NO5. The van der Waals surface area contributed by atoms with Crippen molar-refractivity contribution >= 4 is 5.91 Å². The fourth-order valence-corrected chi connectivity index (χ4v) is 5.80. The predicted molar refractivity (Wildman–Crippen MR) is 191 cm³/mol. The molecule has 0 fully saturated rings. The van der Waals surface area contributed by atoms with Crippen LogP contribution >= 0.6 is 0 Å². The van der Waals surface area contributed by atoms with Crippen LogP contribution in [0.5, 0.6) is 0 Å². The minimum Gasteiger partial charge on any atom is -0.394 e. The van der Waals surface area contributed by atoms with E-state index in [4.69, 9.17) is 0 Å². The maximum Gasteiger partial charge on any atom is 0.249 e. The number of hydrogen-bond donors (Lipinski definition) is 5. The molecule has 0 bridgehead atoms. The molecule has 6 nitrogen and oxygen atoms in total. The van der Waals surface area contributed by atoms with Crippen molar-refractivity contribution in [2.24, 2.45) is 0 Å². The molecule has 0 rings (SSSR count). The molecule has 6 heteroatoms. The van der Waals surface area contributed by atoms with E-state index in [1.54, 1.807) is 0 Å². The molecule has 4 atom stereocenters. The first-order valence-electron chi connectivity index (χ1n) is 19.2. The van der Waals surface area contributed by atoms with Gasteiger partial charge in [-0.05, 0) is 38.5 Å². The molecule has 4 unspecified atom stereocenters. The molecule has 0 heterocycles. The van der Waals surface area contributed by atoms with Crippen molar-refractivity contribution in [3.8, 4) is 0 Å². The molecule has 0 radical (unpaired) electrons. The van der Waals surface area contributed by atoms with Gasteiger partial charge < -0.3 is 25.7 Å². The topological polar surface area (TPSA) is 110 Å². The molecule has 266 valence electrons. The number of aliphatic hydroxyl groups excluding tert-OH is 4. The van der Waals surface area contributed by atoms with Gasteiger partial charge in [-0.1, -0.05) is 173 Å². The van der Waals surface area contributed by atoms with E-state index in [2.05, 4.69) is 43.5 Å². The zero-order valence-electron chi connectivity index (χ0n) is 29.6. The van der Waals surface area contributed by atoms with Crippen LogP contribution < -0.4 is 5.32 Å². The molecule has 1 amide bonds. The minimum atomic E-state index is -1.26. The van der Waals surface area contributed by atoms with E-state index < -0.39 is 36.9 Å². The van der Waals surface area contributed by atoms with Crippen LogP contribution in [0.15, 0.2) is 24.3 Å². The largest absolute Gasteiger partial charge is 0.394 e. The SMILES string of the molecule is CCCCC/C=C\C=C/CCCCCCCCCCCC(O)C(=O)NC(CO)C(O)C(O)CCCCCCCCCCCCC. The zero-order chi connectivity index (χ0) is 33.2. The van der Waals surface area contributed by atoms with Crippen molar-refractivity contribution < 1.29 is 25.2 Å². The van der Waals surface area contributed by atoms with E-state index in [1.807, 2.05) is 0 Å². The number of rotatable bonds is 34. The Bertz CT molecular complexity index is 682. The summed E-state index contributed by atoms with van der Waals surface area (Å²) in [5, 5.41) is 43.4. The van der Waals surface area contributed by atoms with Gasteiger partial charge >= 0.3 is 0 Å². The van der Waals surface area contributed by atoms with Gasteiger partial charge in [-0.15, -0.1) is 0 Å². The average Bonchev–Trinajstić information content (AvgIpc) is 3.04. The smallest absolute Gasteiger partial charge is 0.249 e. The van der Waals surface area contributed by atoms with Crippen LogP contribution in [0, 0.1) is 0 Å². The van der Waals surface area contributed by atoms with Crippen molar-refractivity contribution in [1.29, 1.82) is 0 Å². The Balaban J connectivity index is 3.79. The van der Waals surface area contributed by atoms with Crippen LogP contribution in [0.25, 0.3) is 0 Å². The first kappa shape index (κ1) is 43.8. The van der Waals surface area contributed by atoms with Crippen LogP contribution in [0.2, 0.25) is 0 Å². The van der Waals surface area contributed by atoms with E-state index in [1.165, 1.54) is 116 Å². The Kier molecular flexibility index (Phi) is 33.2. The molecule has 0 saturated heterocycles. The third-order valence-electron chi connectivity index (χ3n) is 8.94. The molecule has 0 aliphatic rings. The summed E-state index contributed by atoms with van der Waals surface area (Å²) in [7, 11) is 0. The van der Waals surface area contributed by atoms with Crippen molar-refractivity contribution in [2.45, 2.75) is 212 Å². The highest BCUT2D eigenvalue weighted by Crippen LogP contribution is 2.15. The molecule has 0 aliphatic carbocycles. The third-order valence-corrected chi connectivity index (χ3v) is 8.94. The monoisotopic (exact) mass is 638 g/mol. The number of hydrogen-bond acceptors (Lipinski definition) is 5. The van der Waals surface area contributed by atoms with Gasteiger partial charge in [0.05, 0.1) is 18.8 Å². The normalized spacial score (nSPS) is 14.7. The number of unbranched alkanes of at least 4 members (excludes halogenated alkanes) is 22. The summed E-state index contributed by atoms with van der Waals surface area (Å²) in [6, 6.07) is -0.983. The van der Waals surface area contributed by atoms with Crippen LogP contribution in [-0.2, 0) is 4.79 Å². The van der Waals surface area contributed by atoms with Crippen molar-refractivity contribution in [2.75, 3.05) is 6.61 Å². The van der Waals surface area contributed by atoms with E-state index in [9.17, 15) is 25.2 Å². The maximum atomic E-state index is 12.4. The van der Waals surface area contributed by atoms with Gasteiger partial charge in [0, 0.05) is 0 Å². The van der Waals surface area contributed by atoms with Crippen LogP contribution in [0.3, 0.4) is 0 Å². The Morgan fingerprint density at radius 1 is 0.556 bits per heavy atom. The number of carbonyl (C=O) groups is 1. The highest BCUT2D eigenvalue weighted by molar-refractivity contribution is 5.80.